The van der Waals surface area contributed by atoms with Gasteiger partial charge in [0.15, 0.2) is 0 Å². The van der Waals surface area contributed by atoms with Crippen LogP contribution in [0, 0.1) is 0 Å². The van der Waals surface area contributed by atoms with Crippen molar-refractivity contribution < 1.29 is 19.1 Å². The van der Waals surface area contributed by atoms with Gasteiger partial charge in [0.2, 0.25) is 0 Å². The van der Waals surface area contributed by atoms with Gasteiger partial charge in [0.25, 0.3) is 0 Å². The molecular formula is C9H15NO4. The summed E-state index contributed by atoms with van der Waals surface area (Å²) in [6.07, 6.45) is 3.88. The average molecular weight is 201 g/mol. The van der Waals surface area contributed by atoms with E-state index in [1.165, 1.54) is 20.3 Å². The van der Waals surface area contributed by atoms with E-state index < -0.39 is 18.0 Å². The Morgan fingerprint density at radius 3 is 2.50 bits per heavy atom. The number of allylic oxidation sites excluding steroid dienone is 1. The minimum atomic E-state index is -0.637. The van der Waals surface area contributed by atoms with Gasteiger partial charge < -0.3 is 15.2 Å². The fourth-order valence-corrected chi connectivity index (χ4v) is 0.793. The minimum absolute atomic E-state index is 0.420. The van der Waals surface area contributed by atoms with E-state index in [0.717, 1.165) is 0 Å². The van der Waals surface area contributed by atoms with Crippen molar-refractivity contribution in [1.82, 2.24) is 0 Å². The highest BCUT2D eigenvalue weighted by Crippen LogP contribution is 1.97. The van der Waals surface area contributed by atoms with Crippen molar-refractivity contribution in [1.29, 1.82) is 0 Å². The lowest BCUT2D eigenvalue weighted by Crippen LogP contribution is -2.31. The van der Waals surface area contributed by atoms with Crippen LogP contribution in [-0.4, -0.2) is 32.2 Å². The molecule has 1 atom stereocenters. The highest BCUT2D eigenvalue weighted by atomic mass is 16.5. The summed E-state index contributed by atoms with van der Waals surface area (Å²) in [5, 5.41) is 0. The zero-order valence-electron chi connectivity index (χ0n) is 8.36. The molecule has 0 saturated heterocycles. The molecule has 0 radical (unpaired) electrons. The van der Waals surface area contributed by atoms with Crippen LogP contribution in [0.15, 0.2) is 12.2 Å². The van der Waals surface area contributed by atoms with Crippen LogP contribution in [0.25, 0.3) is 0 Å². The van der Waals surface area contributed by atoms with Crippen molar-refractivity contribution in [2.75, 3.05) is 14.2 Å². The molecule has 0 aromatic carbocycles. The van der Waals surface area contributed by atoms with Gasteiger partial charge in [-0.2, -0.15) is 0 Å². The van der Waals surface area contributed by atoms with Gasteiger partial charge in [-0.1, -0.05) is 6.08 Å². The van der Waals surface area contributed by atoms with Gasteiger partial charge in [-0.05, 0) is 12.8 Å². The quantitative estimate of drug-likeness (QED) is 0.500. The third kappa shape index (κ3) is 5.31. The molecule has 0 heterocycles. The molecule has 0 aromatic rings. The van der Waals surface area contributed by atoms with Crippen LogP contribution in [-0.2, 0) is 19.1 Å². The highest BCUT2D eigenvalue weighted by molar-refractivity contribution is 5.81. The van der Waals surface area contributed by atoms with Gasteiger partial charge in [0, 0.05) is 6.08 Å². The number of methoxy groups -OCH3 is 2. The van der Waals surface area contributed by atoms with Crippen molar-refractivity contribution in [3.63, 3.8) is 0 Å². The maximum atomic E-state index is 10.8. The molecular weight excluding hydrogens is 186 g/mol. The number of rotatable bonds is 5. The number of carbonyl (C=O) groups is 2. The van der Waals surface area contributed by atoms with Crippen molar-refractivity contribution >= 4 is 11.9 Å². The Kier molecular flexibility index (Phi) is 6.39. The van der Waals surface area contributed by atoms with Crippen LogP contribution in [0.4, 0.5) is 0 Å². The first-order chi connectivity index (χ1) is 6.61. The lowest BCUT2D eigenvalue weighted by atomic mass is 10.1. The summed E-state index contributed by atoms with van der Waals surface area (Å²) in [5.74, 6) is -0.867. The smallest absolute Gasteiger partial charge is 0.330 e. The summed E-state index contributed by atoms with van der Waals surface area (Å²) in [6.45, 7) is 0. The normalized spacial score (nSPS) is 12.5. The Balaban J connectivity index is 3.68. The van der Waals surface area contributed by atoms with E-state index in [9.17, 15) is 9.59 Å². The predicted octanol–water partition coefficient (Wildman–Crippen LogP) is -0.00390. The van der Waals surface area contributed by atoms with Gasteiger partial charge in [0.1, 0.15) is 6.04 Å². The number of hydrogen-bond acceptors (Lipinski definition) is 5. The van der Waals surface area contributed by atoms with E-state index in [0.29, 0.717) is 12.8 Å². The summed E-state index contributed by atoms with van der Waals surface area (Å²) in [6, 6.07) is -0.637. The second-order valence-electron chi connectivity index (χ2n) is 2.63. The van der Waals surface area contributed by atoms with E-state index in [2.05, 4.69) is 9.47 Å². The third-order valence-corrected chi connectivity index (χ3v) is 1.60. The number of hydrogen-bond donors (Lipinski definition) is 1. The second-order valence-corrected chi connectivity index (χ2v) is 2.63. The van der Waals surface area contributed by atoms with Gasteiger partial charge in [0.05, 0.1) is 14.2 Å². The molecule has 80 valence electrons. The maximum absolute atomic E-state index is 10.8. The molecule has 0 rings (SSSR count). The molecule has 2 N–H and O–H groups in total. The van der Waals surface area contributed by atoms with Crippen molar-refractivity contribution in [2.45, 2.75) is 18.9 Å². The summed E-state index contributed by atoms with van der Waals surface area (Å²) in [7, 11) is 2.58. The highest BCUT2D eigenvalue weighted by Gasteiger charge is 2.11. The van der Waals surface area contributed by atoms with Crippen LogP contribution < -0.4 is 5.73 Å². The molecule has 0 aromatic heterocycles. The second kappa shape index (κ2) is 7.08. The molecule has 0 bridgehead atoms. The Morgan fingerprint density at radius 2 is 2.00 bits per heavy atom. The molecule has 0 aliphatic carbocycles. The van der Waals surface area contributed by atoms with Crippen LogP contribution in [0.1, 0.15) is 12.8 Å². The fourth-order valence-electron chi connectivity index (χ4n) is 0.793. The molecule has 0 aliphatic heterocycles. The summed E-state index contributed by atoms with van der Waals surface area (Å²) in [5.41, 5.74) is 5.45. The van der Waals surface area contributed by atoms with E-state index in [4.69, 9.17) is 5.73 Å². The minimum Gasteiger partial charge on any atom is -0.468 e. The molecule has 0 aliphatic rings. The standard InChI is InChI=1S/C9H15NO4/c1-13-8(11)6-4-3-5-7(10)9(12)14-2/h4,6-7H,3,5,10H2,1-2H3/b6-4-/t7-/m0/s1. The first-order valence-corrected chi connectivity index (χ1v) is 4.19. The largest absolute Gasteiger partial charge is 0.468 e. The van der Waals surface area contributed by atoms with Crippen LogP contribution in [0.2, 0.25) is 0 Å². The Bertz CT molecular complexity index is 225. The van der Waals surface area contributed by atoms with Crippen molar-refractivity contribution in [3.05, 3.63) is 12.2 Å². The zero-order chi connectivity index (χ0) is 11.0. The summed E-state index contributed by atoms with van der Waals surface area (Å²) in [4.78, 5) is 21.4. The lowest BCUT2D eigenvalue weighted by Gasteiger charge is -2.06. The topological polar surface area (TPSA) is 78.6 Å². The van der Waals surface area contributed by atoms with Gasteiger partial charge in [-0.15, -0.1) is 0 Å². The Hall–Kier alpha value is -1.36. The average Bonchev–Trinajstić information content (AvgIpc) is 2.22. The summed E-state index contributed by atoms with van der Waals surface area (Å²) >= 11 is 0. The monoisotopic (exact) mass is 201 g/mol. The first-order valence-electron chi connectivity index (χ1n) is 4.19. The molecule has 0 amide bonds. The maximum Gasteiger partial charge on any atom is 0.330 e. The number of nitrogens with two attached hydrogens (primary N) is 1. The molecule has 14 heavy (non-hydrogen) atoms. The third-order valence-electron chi connectivity index (χ3n) is 1.60. The first kappa shape index (κ1) is 12.6. The lowest BCUT2D eigenvalue weighted by molar-refractivity contribution is -0.142. The number of ether oxygens (including phenoxy) is 2. The molecule has 0 fully saturated rings. The Labute approximate surface area is 82.9 Å². The number of esters is 2. The van der Waals surface area contributed by atoms with Crippen molar-refractivity contribution in [3.8, 4) is 0 Å². The zero-order valence-corrected chi connectivity index (χ0v) is 8.36. The van der Waals surface area contributed by atoms with E-state index in [-0.39, 0.29) is 0 Å². The van der Waals surface area contributed by atoms with Crippen LogP contribution >= 0.6 is 0 Å². The SMILES string of the molecule is COC(=O)/C=C\CC[C@H](N)C(=O)OC. The van der Waals surface area contributed by atoms with Crippen LogP contribution in [0.5, 0.6) is 0 Å². The van der Waals surface area contributed by atoms with Gasteiger partial charge in [-0.3, -0.25) is 4.79 Å². The molecule has 5 heteroatoms. The van der Waals surface area contributed by atoms with Gasteiger partial charge in [-0.25, -0.2) is 4.79 Å². The summed E-state index contributed by atoms with van der Waals surface area (Å²) < 4.78 is 8.81. The van der Waals surface area contributed by atoms with Crippen LogP contribution in [0.3, 0.4) is 0 Å². The van der Waals surface area contributed by atoms with E-state index >= 15 is 0 Å². The Morgan fingerprint density at radius 1 is 1.36 bits per heavy atom. The van der Waals surface area contributed by atoms with Gasteiger partial charge >= 0.3 is 11.9 Å². The number of carbonyl (C=O) groups excluding carboxylic acids is 2. The van der Waals surface area contributed by atoms with E-state index in [1.54, 1.807) is 6.08 Å². The molecule has 0 saturated carbocycles. The molecule has 0 spiro atoms. The predicted molar refractivity (Wildman–Crippen MR) is 50.4 cm³/mol. The van der Waals surface area contributed by atoms with Crippen molar-refractivity contribution in [2.24, 2.45) is 5.73 Å². The van der Waals surface area contributed by atoms with E-state index in [1.807, 2.05) is 0 Å². The fraction of sp³-hybridized carbons (Fsp3) is 0.556. The molecule has 5 nitrogen and oxygen atoms in total. The molecule has 0 unspecified atom stereocenters.